The van der Waals surface area contributed by atoms with Crippen molar-refractivity contribution < 1.29 is 14.3 Å². The number of benzene rings is 2. The van der Waals surface area contributed by atoms with E-state index in [0.29, 0.717) is 43.1 Å². The van der Waals surface area contributed by atoms with Gasteiger partial charge < -0.3 is 15.0 Å². The molecule has 8 heteroatoms. The van der Waals surface area contributed by atoms with Gasteiger partial charge in [0.1, 0.15) is 31.1 Å². The van der Waals surface area contributed by atoms with E-state index < -0.39 is 6.04 Å². The molecule has 1 N–H and O–H groups in total. The fourth-order valence-electron chi connectivity index (χ4n) is 3.52. The van der Waals surface area contributed by atoms with Crippen LogP contribution in [0, 0.1) is 0 Å². The van der Waals surface area contributed by atoms with Gasteiger partial charge >= 0.3 is 0 Å². The SMILES string of the molecule is O=C(Nc1cccc(OCCn2cncn2)c1)C1CCCN1C(=O)c1ccccc1. The number of carbonyl (C=O) groups is 2. The normalized spacial score (nSPS) is 15.7. The molecule has 3 aromatic rings. The number of nitrogens with zero attached hydrogens (tertiary/aromatic N) is 4. The lowest BCUT2D eigenvalue weighted by Crippen LogP contribution is -2.43. The summed E-state index contributed by atoms with van der Waals surface area (Å²) in [6.45, 7) is 1.59. The predicted molar refractivity (Wildman–Crippen MR) is 111 cm³/mol. The molecule has 0 aliphatic carbocycles. The maximum absolute atomic E-state index is 12.9. The van der Waals surface area contributed by atoms with Crippen LogP contribution in [0.4, 0.5) is 5.69 Å². The van der Waals surface area contributed by atoms with Crippen LogP contribution in [-0.2, 0) is 11.3 Å². The van der Waals surface area contributed by atoms with Gasteiger partial charge in [-0.05, 0) is 37.1 Å². The molecule has 2 heterocycles. The minimum atomic E-state index is -0.477. The Hall–Kier alpha value is -3.68. The number of carbonyl (C=O) groups excluding carboxylic acids is 2. The highest BCUT2D eigenvalue weighted by Gasteiger charge is 2.34. The Labute approximate surface area is 174 Å². The van der Waals surface area contributed by atoms with Gasteiger partial charge in [0.05, 0.1) is 6.54 Å². The fraction of sp³-hybridized carbons (Fsp3) is 0.273. The van der Waals surface area contributed by atoms with E-state index in [1.54, 1.807) is 40.2 Å². The Morgan fingerprint density at radius 1 is 1.13 bits per heavy atom. The van der Waals surface area contributed by atoms with Crippen molar-refractivity contribution in [2.75, 3.05) is 18.5 Å². The van der Waals surface area contributed by atoms with E-state index in [0.717, 1.165) is 6.42 Å². The molecular formula is C22H23N5O3. The number of hydrogen-bond donors (Lipinski definition) is 1. The van der Waals surface area contributed by atoms with Crippen molar-refractivity contribution in [2.45, 2.75) is 25.4 Å². The van der Waals surface area contributed by atoms with Gasteiger partial charge in [0.2, 0.25) is 5.91 Å². The second kappa shape index (κ2) is 9.21. The molecule has 0 radical (unpaired) electrons. The van der Waals surface area contributed by atoms with Gasteiger partial charge in [-0.3, -0.25) is 9.59 Å². The largest absolute Gasteiger partial charge is 0.492 e. The Morgan fingerprint density at radius 3 is 2.80 bits per heavy atom. The molecule has 8 nitrogen and oxygen atoms in total. The molecule has 1 aliphatic rings. The standard InChI is InChI=1S/C22H23N5O3/c28-21(20-10-5-11-27(20)22(29)17-6-2-1-3-7-17)25-18-8-4-9-19(14-18)30-13-12-26-16-23-15-24-26/h1-4,6-9,14-16,20H,5,10-13H2,(H,25,28). The summed E-state index contributed by atoms with van der Waals surface area (Å²) in [7, 11) is 0. The monoisotopic (exact) mass is 405 g/mol. The molecule has 0 spiro atoms. The summed E-state index contributed by atoms with van der Waals surface area (Å²) in [6, 6.07) is 15.8. The third-order valence-electron chi connectivity index (χ3n) is 4.99. The minimum Gasteiger partial charge on any atom is -0.492 e. The van der Waals surface area contributed by atoms with Crippen molar-refractivity contribution in [3.8, 4) is 5.75 Å². The zero-order valence-corrected chi connectivity index (χ0v) is 16.5. The summed E-state index contributed by atoms with van der Waals surface area (Å²) in [5.74, 6) is 0.353. The number of hydrogen-bond acceptors (Lipinski definition) is 5. The van der Waals surface area contributed by atoms with Crippen LogP contribution < -0.4 is 10.1 Å². The lowest BCUT2D eigenvalue weighted by Gasteiger charge is -2.24. The van der Waals surface area contributed by atoms with Crippen molar-refractivity contribution in [1.82, 2.24) is 19.7 Å². The molecule has 1 aromatic heterocycles. The molecule has 154 valence electrons. The zero-order valence-electron chi connectivity index (χ0n) is 16.5. The van der Waals surface area contributed by atoms with E-state index in [4.69, 9.17) is 4.74 Å². The lowest BCUT2D eigenvalue weighted by atomic mass is 10.1. The Bertz CT molecular complexity index is 991. The van der Waals surface area contributed by atoms with E-state index in [1.165, 1.54) is 6.33 Å². The second-order valence-electron chi connectivity index (χ2n) is 7.05. The Morgan fingerprint density at radius 2 is 2.00 bits per heavy atom. The third kappa shape index (κ3) is 4.65. The third-order valence-corrected chi connectivity index (χ3v) is 4.99. The van der Waals surface area contributed by atoms with Gasteiger partial charge in [-0.2, -0.15) is 5.10 Å². The molecule has 0 saturated carbocycles. The first-order valence-corrected chi connectivity index (χ1v) is 9.93. The van der Waals surface area contributed by atoms with Gasteiger partial charge in [-0.1, -0.05) is 24.3 Å². The Balaban J connectivity index is 1.36. The van der Waals surface area contributed by atoms with Crippen molar-refractivity contribution in [1.29, 1.82) is 0 Å². The molecule has 30 heavy (non-hydrogen) atoms. The first kappa shape index (κ1) is 19.6. The van der Waals surface area contributed by atoms with Gasteiger partial charge in [-0.25, -0.2) is 9.67 Å². The molecule has 1 unspecified atom stereocenters. The number of nitrogens with one attached hydrogen (secondary N) is 1. The van der Waals surface area contributed by atoms with Crippen LogP contribution in [0.1, 0.15) is 23.2 Å². The summed E-state index contributed by atoms with van der Waals surface area (Å²) >= 11 is 0. The number of rotatable bonds is 7. The molecule has 1 saturated heterocycles. The quantitative estimate of drug-likeness (QED) is 0.653. The highest BCUT2D eigenvalue weighted by atomic mass is 16.5. The average molecular weight is 405 g/mol. The molecule has 1 atom stereocenters. The van der Waals surface area contributed by atoms with Crippen molar-refractivity contribution in [2.24, 2.45) is 0 Å². The first-order valence-electron chi connectivity index (χ1n) is 9.93. The zero-order chi connectivity index (χ0) is 20.8. The van der Waals surface area contributed by atoms with Crippen LogP contribution in [0.15, 0.2) is 67.3 Å². The smallest absolute Gasteiger partial charge is 0.254 e. The lowest BCUT2D eigenvalue weighted by molar-refractivity contribution is -0.119. The van der Waals surface area contributed by atoms with E-state index in [-0.39, 0.29) is 11.8 Å². The number of ether oxygens (including phenoxy) is 1. The number of aromatic nitrogens is 3. The van der Waals surface area contributed by atoms with E-state index in [2.05, 4.69) is 15.4 Å². The summed E-state index contributed by atoms with van der Waals surface area (Å²) in [4.78, 5) is 31.2. The molecule has 2 amide bonds. The summed E-state index contributed by atoms with van der Waals surface area (Å²) < 4.78 is 7.42. The van der Waals surface area contributed by atoms with Crippen LogP contribution in [0.5, 0.6) is 5.75 Å². The molecular weight excluding hydrogens is 382 g/mol. The van der Waals surface area contributed by atoms with Crippen molar-refractivity contribution in [3.63, 3.8) is 0 Å². The van der Waals surface area contributed by atoms with Crippen LogP contribution in [-0.4, -0.2) is 50.7 Å². The second-order valence-corrected chi connectivity index (χ2v) is 7.05. The average Bonchev–Trinajstić information content (AvgIpc) is 3.46. The molecule has 1 fully saturated rings. The Kier molecular flexibility index (Phi) is 6.03. The van der Waals surface area contributed by atoms with Crippen LogP contribution in [0.25, 0.3) is 0 Å². The van der Waals surface area contributed by atoms with E-state index in [9.17, 15) is 9.59 Å². The predicted octanol–water partition coefficient (Wildman–Crippen LogP) is 2.60. The highest BCUT2D eigenvalue weighted by molar-refractivity contribution is 6.01. The van der Waals surface area contributed by atoms with E-state index in [1.807, 2.05) is 30.3 Å². The summed E-state index contributed by atoms with van der Waals surface area (Å²) in [5, 5.41) is 6.95. The number of amides is 2. The highest BCUT2D eigenvalue weighted by Crippen LogP contribution is 2.23. The maximum Gasteiger partial charge on any atom is 0.254 e. The van der Waals surface area contributed by atoms with Crippen molar-refractivity contribution in [3.05, 3.63) is 72.8 Å². The number of anilines is 1. The van der Waals surface area contributed by atoms with Crippen LogP contribution in [0.2, 0.25) is 0 Å². The molecule has 1 aliphatic heterocycles. The summed E-state index contributed by atoms with van der Waals surface area (Å²) in [6.07, 6.45) is 4.57. The van der Waals surface area contributed by atoms with Crippen LogP contribution >= 0.6 is 0 Å². The molecule has 2 aromatic carbocycles. The maximum atomic E-state index is 12.9. The van der Waals surface area contributed by atoms with Gasteiger partial charge in [0.25, 0.3) is 5.91 Å². The van der Waals surface area contributed by atoms with Gasteiger partial charge in [0.15, 0.2) is 0 Å². The fourth-order valence-corrected chi connectivity index (χ4v) is 3.52. The minimum absolute atomic E-state index is 0.113. The number of likely N-dealkylation sites (tertiary alicyclic amines) is 1. The van der Waals surface area contributed by atoms with Crippen LogP contribution in [0.3, 0.4) is 0 Å². The first-order chi connectivity index (χ1) is 14.7. The van der Waals surface area contributed by atoms with E-state index >= 15 is 0 Å². The summed E-state index contributed by atoms with van der Waals surface area (Å²) in [5.41, 5.74) is 1.23. The molecule has 4 rings (SSSR count). The van der Waals surface area contributed by atoms with Gasteiger partial charge in [-0.15, -0.1) is 0 Å². The molecule has 0 bridgehead atoms. The van der Waals surface area contributed by atoms with Crippen molar-refractivity contribution >= 4 is 17.5 Å². The topological polar surface area (TPSA) is 89.3 Å². The van der Waals surface area contributed by atoms with Gasteiger partial charge in [0, 0.05) is 23.9 Å².